The number of benzene rings is 1. The molecule has 0 unspecified atom stereocenters. The molecule has 1 aromatic carbocycles. The van der Waals surface area contributed by atoms with Gasteiger partial charge in [0.15, 0.2) is 0 Å². The number of carbonyl (C=O) groups excluding carboxylic acids is 2. The van der Waals surface area contributed by atoms with Crippen LogP contribution in [0.3, 0.4) is 0 Å². The van der Waals surface area contributed by atoms with Gasteiger partial charge in [-0.15, -0.1) is 0 Å². The minimum atomic E-state index is -0.709. The molecule has 0 atom stereocenters. The zero-order chi connectivity index (χ0) is 14.6. The molecule has 0 aliphatic rings. The molecule has 0 fully saturated rings. The van der Waals surface area contributed by atoms with Gasteiger partial charge in [0.1, 0.15) is 10.8 Å². The van der Waals surface area contributed by atoms with Crippen LogP contribution in [-0.2, 0) is 9.59 Å². The van der Waals surface area contributed by atoms with Crippen molar-refractivity contribution in [3.8, 4) is 0 Å². The van der Waals surface area contributed by atoms with Crippen LogP contribution < -0.4 is 22.1 Å². The van der Waals surface area contributed by atoms with Gasteiger partial charge in [0.05, 0.1) is 18.8 Å². The van der Waals surface area contributed by atoms with Crippen LogP contribution in [0, 0.1) is 5.82 Å². The summed E-state index contributed by atoms with van der Waals surface area (Å²) in [5, 5.41) is 0. The first-order valence-electron chi connectivity index (χ1n) is 5.22. The molecule has 0 heterocycles. The molecule has 0 aromatic heterocycles. The van der Waals surface area contributed by atoms with E-state index in [0.29, 0.717) is 5.56 Å². The summed E-state index contributed by atoms with van der Waals surface area (Å²) in [7, 11) is 0. The van der Waals surface area contributed by atoms with Crippen molar-refractivity contribution in [2.24, 2.45) is 17.2 Å². The quantitative estimate of drug-likeness (QED) is 0.594. The molecular formula is C11H13FN4O2S. The Morgan fingerprint density at radius 1 is 1.16 bits per heavy atom. The fourth-order valence-electron chi connectivity index (χ4n) is 1.52. The first-order valence-corrected chi connectivity index (χ1v) is 5.63. The summed E-state index contributed by atoms with van der Waals surface area (Å²) < 4.78 is 13.9. The van der Waals surface area contributed by atoms with Gasteiger partial charge in [-0.25, -0.2) is 4.39 Å². The number of amides is 2. The molecule has 0 spiro atoms. The number of thiocarbonyl (C=S) groups is 1. The Kier molecular flexibility index (Phi) is 4.76. The van der Waals surface area contributed by atoms with Gasteiger partial charge >= 0.3 is 0 Å². The van der Waals surface area contributed by atoms with Crippen molar-refractivity contribution >= 4 is 34.7 Å². The molecule has 0 saturated heterocycles. The lowest BCUT2D eigenvalue weighted by Gasteiger charge is -2.22. The molecule has 0 aliphatic heterocycles. The molecule has 2 amide bonds. The Balaban J connectivity index is 3.11. The smallest absolute Gasteiger partial charge is 0.236 e. The van der Waals surface area contributed by atoms with E-state index in [1.165, 1.54) is 12.1 Å². The van der Waals surface area contributed by atoms with E-state index >= 15 is 0 Å². The van der Waals surface area contributed by atoms with Crippen molar-refractivity contribution < 1.29 is 14.0 Å². The molecular weight excluding hydrogens is 271 g/mol. The van der Waals surface area contributed by atoms with Crippen molar-refractivity contribution in [2.75, 3.05) is 18.0 Å². The van der Waals surface area contributed by atoms with E-state index in [1.54, 1.807) is 0 Å². The van der Waals surface area contributed by atoms with E-state index in [1.807, 2.05) is 0 Å². The van der Waals surface area contributed by atoms with Crippen LogP contribution >= 0.6 is 12.2 Å². The third-order valence-electron chi connectivity index (χ3n) is 2.27. The maximum absolute atomic E-state index is 13.9. The number of anilines is 1. The summed E-state index contributed by atoms with van der Waals surface area (Å²) in [5.41, 5.74) is 15.8. The van der Waals surface area contributed by atoms with E-state index in [9.17, 15) is 14.0 Å². The lowest BCUT2D eigenvalue weighted by Crippen LogP contribution is -2.40. The maximum atomic E-state index is 13.9. The van der Waals surface area contributed by atoms with Crippen LogP contribution in [0.2, 0.25) is 0 Å². The number of primary amides is 2. The molecule has 1 aromatic rings. The summed E-state index contributed by atoms with van der Waals surface area (Å²) in [6.07, 6.45) is 0. The average Bonchev–Trinajstić information content (AvgIpc) is 2.26. The van der Waals surface area contributed by atoms with Gasteiger partial charge in [0.2, 0.25) is 11.8 Å². The molecule has 0 saturated carbocycles. The van der Waals surface area contributed by atoms with Gasteiger partial charge in [-0.1, -0.05) is 12.2 Å². The molecule has 0 radical (unpaired) electrons. The Morgan fingerprint density at radius 2 is 1.68 bits per heavy atom. The van der Waals surface area contributed by atoms with Gasteiger partial charge < -0.3 is 22.1 Å². The van der Waals surface area contributed by atoms with Crippen LogP contribution in [0.25, 0.3) is 0 Å². The van der Waals surface area contributed by atoms with Crippen molar-refractivity contribution in [1.29, 1.82) is 0 Å². The number of halogens is 1. The third-order valence-corrected chi connectivity index (χ3v) is 2.50. The second-order valence-electron chi connectivity index (χ2n) is 3.82. The fraction of sp³-hybridized carbons (Fsp3) is 0.182. The largest absolute Gasteiger partial charge is 0.389 e. The molecule has 19 heavy (non-hydrogen) atoms. The molecule has 0 bridgehead atoms. The highest BCUT2D eigenvalue weighted by Crippen LogP contribution is 2.20. The van der Waals surface area contributed by atoms with Crippen LogP contribution in [0.1, 0.15) is 5.56 Å². The molecule has 6 N–H and O–H groups in total. The lowest BCUT2D eigenvalue weighted by molar-refractivity contribution is -0.117. The SMILES string of the molecule is NC(=O)CN(CC(N)=O)c1ccc(C(N)=S)cc1F. The zero-order valence-electron chi connectivity index (χ0n) is 9.93. The van der Waals surface area contributed by atoms with Gasteiger partial charge in [-0.3, -0.25) is 9.59 Å². The summed E-state index contributed by atoms with van der Waals surface area (Å²) >= 11 is 4.72. The standard InChI is InChI=1S/C11H13FN4O2S/c12-7-3-6(11(15)19)1-2-8(7)16(4-9(13)17)5-10(14)18/h1-3H,4-5H2,(H2,13,17)(H2,14,18)(H2,15,19). The van der Waals surface area contributed by atoms with Crippen LogP contribution in [0.15, 0.2) is 18.2 Å². The average molecular weight is 284 g/mol. The Hall–Kier alpha value is -2.22. The fourth-order valence-corrected chi connectivity index (χ4v) is 1.65. The van der Waals surface area contributed by atoms with Gasteiger partial charge in [-0.05, 0) is 18.2 Å². The van der Waals surface area contributed by atoms with Crippen LogP contribution in [0.4, 0.5) is 10.1 Å². The van der Waals surface area contributed by atoms with Crippen molar-refractivity contribution in [3.63, 3.8) is 0 Å². The molecule has 0 aliphatic carbocycles. The number of nitrogens with zero attached hydrogens (tertiary/aromatic N) is 1. The first-order chi connectivity index (χ1) is 8.81. The van der Waals surface area contributed by atoms with E-state index < -0.39 is 17.6 Å². The second-order valence-corrected chi connectivity index (χ2v) is 4.26. The van der Waals surface area contributed by atoms with Crippen LogP contribution in [-0.4, -0.2) is 29.9 Å². The van der Waals surface area contributed by atoms with Gasteiger partial charge in [0, 0.05) is 5.56 Å². The summed E-state index contributed by atoms with van der Waals surface area (Å²) in [4.78, 5) is 23.0. The monoisotopic (exact) mass is 284 g/mol. The number of rotatable bonds is 6. The predicted molar refractivity (Wildman–Crippen MR) is 72.9 cm³/mol. The highest BCUT2D eigenvalue weighted by molar-refractivity contribution is 7.80. The van der Waals surface area contributed by atoms with Crippen molar-refractivity contribution in [2.45, 2.75) is 0 Å². The zero-order valence-corrected chi connectivity index (χ0v) is 10.7. The third kappa shape index (κ3) is 4.18. The summed E-state index contributed by atoms with van der Waals surface area (Å²) in [6, 6.07) is 3.96. The summed E-state index contributed by atoms with van der Waals surface area (Å²) in [6.45, 7) is -0.654. The minimum Gasteiger partial charge on any atom is -0.389 e. The lowest BCUT2D eigenvalue weighted by atomic mass is 10.1. The van der Waals surface area contributed by atoms with Crippen molar-refractivity contribution in [1.82, 2.24) is 0 Å². The predicted octanol–water partition coefficient (Wildman–Crippen LogP) is -0.763. The summed E-state index contributed by atoms with van der Waals surface area (Å²) in [5.74, 6) is -2.09. The normalized spacial score (nSPS) is 9.95. The van der Waals surface area contributed by atoms with E-state index in [4.69, 9.17) is 29.4 Å². The van der Waals surface area contributed by atoms with E-state index in [-0.39, 0.29) is 23.8 Å². The van der Waals surface area contributed by atoms with Crippen molar-refractivity contribution in [3.05, 3.63) is 29.6 Å². The number of hydrogen-bond donors (Lipinski definition) is 3. The van der Waals surface area contributed by atoms with Crippen LogP contribution in [0.5, 0.6) is 0 Å². The highest BCUT2D eigenvalue weighted by atomic mass is 32.1. The Morgan fingerprint density at radius 3 is 2.05 bits per heavy atom. The topological polar surface area (TPSA) is 115 Å². The Labute approximate surface area is 114 Å². The number of hydrogen-bond acceptors (Lipinski definition) is 4. The number of carbonyl (C=O) groups is 2. The minimum absolute atomic E-state index is 0.0256. The van der Waals surface area contributed by atoms with Gasteiger partial charge in [0.25, 0.3) is 0 Å². The Bertz CT molecular complexity index is 519. The highest BCUT2D eigenvalue weighted by Gasteiger charge is 2.16. The van der Waals surface area contributed by atoms with Gasteiger partial charge in [-0.2, -0.15) is 0 Å². The van der Waals surface area contributed by atoms with E-state index in [2.05, 4.69) is 0 Å². The molecule has 102 valence electrons. The molecule has 8 heteroatoms. The molecule has 1 rings (SSSR count). The maximum Gasteiger partial charge on any atom is 0.236 e. The first kappa shape index (κ1) is 14.8. The van der Waals surface area contributed by atoms with E-state index in [0.717, 1.165) is 11.0 Å². The second kappa shape index (κ2) is 6.10. The molecule has 6 nitrogen and oxygen atoms in total. The number of nitrogens with two attached hydrogens (primary N) is 3.